The number of ketones is 1. The predicted molar refractivity (Wildman–Crippen MR) is 120 cm³/mol. The van der Waals surface area contributed by atoms with Gasteiger partial charge in [0.2, 0.25) is 5.91 Å². The molecular weight excluding hydrogens is 390 g/mol. The molecule has 6 heteroatoms. The van der Waals surface area contributed by atoms with E-state index in [-0.39, 0.29) is 19.0 Å². The molecule has 31 heavy (non-hydrogen) atoms. The number of hydrogen-bond acceptors (Lipinski definition) is 3. The summed E-state index contributed by atoms with van der Waals surface area (Å²) in [6.45, 7) is 2.02. The van der Waals surface area contributed by atoms with Crippen LogP contribution in [0, 0.1) is 0 Å². The fourth-order valence-electron chi connectivity index (χ4n) is 4.11. The van der Waals surface area contributed by atoms with Gasteiger partial charge in [0, 0.05) is 36.7 Å². The van der Waals surface area contributed by atoms with Crippen LogP contribution in [0.1, 0.15) is 41.6 Å². The third-order valence-electron chi connectivity index (χ3n) is 5.80. The normalized spacial score (nSPS) is 14.3. The Labute approximate surface area is 181 Å². The van der Waals surface area contributed by atoms with Crippen LogP contribution in [0.25, 0.3) is 10.9 Å². The first kappa shape index (κ1) is 20.8. The Morgan fingerprint density at radius 1 is 0.839 bits per heavy atom. The summed E-state index contributed by atoms with van der Waals surface area (Å²) in [6.07, 6.45) is 6.03. The van der Waals surface area contributed by atoms with E-state index in [2.05, 4.69) is 5.32 Å². The minimum atomic E-state index is -0.648. The number of carbonyl (C=O) groups excluding carboxylic acids is 3. The maximum Gasteiger partial charge on any atom is 0.292 e. The molecule has 0 saturated carbocycles. The summed E-state index contributed by atoms with van der Waals surface area (Å²) in [5.41, 5.74) is 2.03. The molecule has 160 valence electrons. The van der Waals surface area contributed by atoms with Gasteiger partial charge in [-0.3, -0.25) is 14.4 Å². The Morgan fingerprint density at radius 3 is 2.26 bits per heavy atom. The summed E-state index contributed by atoms with van der Waals surface area (Å²) in [6, 6.07) is 16.9. The highest BCUT2D eigenvalue weighted by atomic mass is 16.2. The molecule has 1 aliphatic heterocycles. The summed E-state index contributed by atoms with van der Waals surface area (Å²) in [7, 11) is 0. The predicted octanol–water partition coefficient (Wildman–Crippen LogP) is 3.54. The van der Waals surface area contributed by atoms with Crippen LogP contribution in [-0.2, 0) is 22.7 Å². The van der Waals surface area contributed by atoms with Gasteiger partial charge >= 0.3 is 0 Å². The van der Waals surface area contributed by atoms with Crippen LogP contribution in [0.3, 0.4) is 0 Å². The zero-order valence-corrected chi connectivity index (χ0v) is 17.5. The lowest BCUT2D eigenvalue weighted by Crippen LogP contribution is -2.34. The van der Waals surface area contributed by atoms with Crippen molar-refractivity contribution in [1.82, 2.24) is 14.8 Å². The van der Waals surface area contributed by atoms with Crippen LogP contribution in [-0.4, -0.2) is 40.2 Å². The van der Waals surface area contributed by atoms with Crippen LogP contribution in [0.2, 0.25) is 0 Å². The molecule has 6 nitrogen and oxygen atoms in total. The van der Waals surface area contributed by atoms with Crippen LogP contribution in [0.5, 0.6) is 0 Å². The third-order valence-corrected chi connectivity index (χ3v) is 5.80. The number of rotatable bonds is 6. The van der Waals surface area contributed by atoms with Crippen LogP contribution < -0.4 is 5.32 Å². The summed E-state index contributed by atoms with van der Waals surface area (Å²) >= 11 is 0. The minimum Gasteiger partial charge on any atom is -0.345 e. The van der Waals surface area contributed by atoms with Crippen molar-refractivity contribution in [3.63, 3.8) is 0 Å². The number of nitrogens with zero attached hydrogens (tertiary/aromatic N) is 2. The molecule has 1 aromatic heterocycles. The number of benzene rings is 2. The molecule has 1 N–H and O–H groups in total. The molecule has 2 heterocycles. The molecule has 0 bridgehead atoms. The van der Waals surface area contributed by atoms with E-state index in [9.17, 15) is 14.4 Å². The Morgan fingerprint density at radius 2 is 1.52 bits per heavy atom. The Kier molecular flexibility index (Phi) is 6.46. The largest absolute Gasteiger partial charge is 0.345 e. The average molecular weight is 418 g/mol. The van der Waals surface area contributed by atoms with Crippen molar-refractivity contribution in [3.05, 3.63) is 71.9 Å². The maximum atomic E-state index is 12.9. The van der Waals surface area contributed by atoms with Crippen LogP contribution in [0.4, 0.5) is 0 Å². The number of carbonyl (C=O) groups is 3. The molecule has 2 aromatic carbocycles. The van der Waals surface area contributed by atoms with E-state index in [0.29, 0.717) is 10.9 Å². The number of nitrogens with one attached hydrogen (secondary N) is 1. The minimum absolute atomic E-state index is 0.0511. The number of likely N-dealkylation sites (tertiary alicyclic amines) is 1. The molecular formula is C25H27N3O3. The van der Waals surface area contributed by atoms with Gasteiger partial charge in [0.1, 0.15) is 6.54 Å². The van der Waals surface area contributed by atoms with E-state index < -0.39 is 11.7 Å². The number of fused-ring (bicyclic) bond motifs is 1. The van der Waals surface area contributed by atoms with E-state index >= 15 is 0 Å². The second kappa shape index (κ2) is 9.60. The highest BCUT2D eigenvalue weighted by Gasteiger charge is 2.23. The number of para-hydroxylation sites is 1. The Bertz CT molecular complexity index is 1080. The zero-order valence-electron chi connectivity index (χ0n) is 17.5. The molecule has 2 amide bonds. The molecule has 0 aliphatic carbocycles. The number of Topliss-reactive ketones (excluding diaryl/α,β-unsaturated/α-hetero) is 1. The van der Waals surface area contributed by atoms with E-state index in [1.165, 1.54) is 0 Å². The Balaban J connectivity index is 1.52. The zero-order chi connectivity index (χ0) is 21.6. The van der Waals surface area contributed by atoms with E-state index in [0.717, 1.165) is 49.9 Å². The number of hydrogen-bond donors (Lipinski definition) is 1. The first-order valence-corrected chi connectivity index (χ1v) is 10.9. The van der Waals surface area contributed by atoms with E-state index in [1.807, 2.05) is 59.5 Å². The van der Waals surface area contributed by atoms with Gasteiger partial charge in [-0.1, -0.05) is 61.4 Å². The van der Waals surface area contributed by atoms with Crippen molar-refractivity contribution in [1.29, 1.82) is 0 Å². The SMILES string of the molecule is O=C(NCc1ccccc1)C(=O)c1cn(CC(=O)N2CCCCCC2)c2ccccc12. The van der Waals surface area contributed by atoms with Gasteiger partial charge in [-0.25, -0.2) is 0 Å². The van der Waals surface area contributed by atoms with Gasteiger partial charge < -0.3 is 14.8 Å². The number of aromatic nitrogens is 1. The lowest BCUT2D eigenvalue weighted by atomic mass is 10.1. The molecule has 1 fully saturated rings. The van der Waals surface area contributed by atoms with Crippen molar-refractivity contribution >= 4 is 28.5 Å². The molecule has 4 rings (SSSR count). The third kappa shape index (κ3) is 4.85. The van der Waals surface area contributed by atoms with Gasteiger partial charge in [-0.05, 0) is 24.5 Å². The van der Waals surface area contributed by atoms with Gasteiger partial charge in [-0.2, -0.15) is 0 Å². The molecule has 0 atom stereocenters. The first-order chi connectivity index (χ1) is 15.1. The molecule has 1 aliphatic rings. The first-order valence-electron chi connectivity index (χ1n) is 10.9. The summed E-state index contributed by atoms with van der Waals surface area (Å²) in [4.78, 5) is 40.2. The summed E-state index contributed by atoms with van der Waals surface area (Å²) < 4.78 is 1.79. The molecule has 0 radical (unpaired) electrons. The van der Waals surface area contributed by atoms with Crippen molar-refractivity contribution in [3.8, 4) is 0 Å². The highest BCUT2D eigenvalue weighted by Crippen LogP contribution is 2.22. The van der Waals surface area contributed by atoms with E-state index in [4.69, 9.17) is 0 Å². The van der Waals surface area contributed by atoms with Crippen LogP contribution in [0.15, 0.2) is 60.8 Å². The van der Waals surface area contributed by atoms with Crippen molar-refractivity contribution in [2.45, 2.75) is 38.8 Å². The van der Waals surface area contributed by atoms with Crippen molar-refractivity contribution < 1.29 is 14.4 Å². The quantitative estimate of drug-likeness (QED) is 0.493. The van der Waals surface area contributed by atoms with Gasteiger partial charge in [0.05, 0.1) is 5.56 Å². The van der Waals surface area contributed by atoms with Gasteiger partial charge in [-0.15, -0.1) is 0 Å². The second-order valence-corrected chi connectivity index (χ2v) is 7.98. The molecule has 1 saturated heterocycles. The van der Waals surface area contributed by atoms with Crippen LogP contribution >= 0.6 is 0 Å². The second-order valence-electron chi connectivity index (χ2n) is 7.98. The fourth-order valence-corrected chi connectivity index (χ4v) is 4.11. The van der Waals surface area contributed by atoms with Gasteiger partial charge in [0.15, 0.2) is 0 Å². The number of amides is 2. The molecule has 0 spiro atoms. The molecule has 0 unspecified atom stereocenters. The van der Waals surface area contributed by atoms with Gasteiger partial charge in [0.25, 0.3) is 11.7 Å². The molecule has 3 aromatic rings. The van der Waals surface area contributed by atoms with Crippen molar-refractivity contribution in [2.24, 2.45) is 0 Å². The smallest absolute Gasteiger partial charge is 0.292 e. The average Bonchev–Trinajstić information content (AvgIpc) is 2.97. The van der Waals surface area contributed by atoms with E-state index in [1.54, 1.807) is 10.8 Å². The Hall–Kier alpha value is -3.41. The topological polar surface area (TPSA) is 71.4 Å². The fraction of sp³-hybridized carbons (Fsp3) is 0.320. The summed E-state index contributed by atoms with van der Waals surface area (Å²) in [5.74, 6) is -1.19. The summed E-state index contributed by atoms with van der Waals surface area (Å²) in [5, 5.41) is 3.38. The lowest BCUT2D eigenvalue weighted by molar-refractivity contribution is -0.131. The monoisotopic (exact) mass is 417 g/mol. The standard InChI is InChI=1S/C25H27N3O3/c29-23(27-14-8-1-2-9-15-27)18-28-17-21(20-12-6-7-13-22(20)28)24(30)25(31)26-16-19-10-4-3-5-11-19/h3-7,10-13,17H,1-2,8-9,14-16,18H2,(H,26,31). The maximum absolute atomic E-state index is 12.9. The highest BCUT2D eigenvalue weighted by molar-refractivity contribution is 6.45. The lowest BCUT2D eigenvalue weighted by Gasteiger charge is -2.20. The van der Waals surface area contributed by atoms with Crippen molar-refractivity contribution in [2.75, 3.05) is 13.1 Å².